The lowest BCUT2D eigenvalue weighted by Gasteiger charge is -2.13. The van der Waals surface area contributed by atoms with Gasteiger partial charge in [-0.2, -0.15) is 0 Å². The molecule has 0 aromatic heterocycles. The van der Waals surface area contributed by atoms with E-state index in [4.69, 9.17) is 4.74 Å². The van der Waals surface area contributed by atoms with Gasteiger partial charge >= 0.3 is 11.6 Å². The number of aliphatic hydroxyl groups excluding tert-OH is 1. The summed E-state index contributed by atoms with van der Waals surface area (Å²) >= 11 is 0. The SMILES string of the molecule is CCCCCCC(/C([N+]#N)=C(\O)OCC)S(=O)(=O)c1ccc(C)cc1. The first-order valence-electron chi connectivity index (χ1n) is 8.60. The number of unbranched alkanes of at least 4 members (excludes halogenated alkanes) is 3. The van der Waals surface area contributed by atoms with Crippen LogP contribution in [0, 0.1) is 12.3 Å². The Hall–Kier alpha value is -2.07. The number of rotatable bonds is 10. The molecule has 138 valence electrons. The summed E-state index contributed by atoms with van der Waals surface area (Å²) in [4.78, 5) is 3.17. The summed E-state index contributed by atoms with van der Waals surface area (Å²) in [7, 11) is -3.83. The van der Waals surface area contributed by atoms with Gasteiger partial charge in [-0.25, -0.2) is 8.42 Å². The van der Waals surface area contributed by atoms with E-state index in [1.807, 2.05) is 6.92 Å². The highest BCUT2D eigenvalue weighted by Gasteiger charge is 2.42. The lowest BCUT2D eigenvalue weighted by atomic mass is 10.1. The monoisotopic (exact) mass is 367 g/mol. The van der Waals surface area contributed by atoms with Crippen LogP contribution < -0.4 is 0 Å². The molecule has 0 saturated carbocycles. The Bertz CT molecular complexity index is 718. The Morgan fingerprint density at radius 1 is 1.20 bits per heavy atom. The van der Waals surface area contributed by atoms with Crippen molar-refractivity contribution in [3.8, 4) is 0 Å². The maximum absolute atomic E-state index is 13.0. The second-order valence-electron chi connectivity index (χ2n) is 5.92. The van der Waals surface area contributed by atoms with Crippen LogP contribution in [0.1, 0.15) is 51.5 Å². The molecule has 0 saturated heterocycles. The standard InChI is InChI=1S/C18H26N2O4S/c1-4-6-7-8-9-16(17(20-19)18(21)24-5-2)25(22,23)15-12-10-14(3)11-13-15/h10-13,16H,4-9H2,1-3H3/p+1/b18-17-. The molecular weight excluding hydrogens is 340 g/mol. The zero-order valence-corrected chi connectivity index (χ0v) is 15.9. The molecule has 0 heterocycles. The zero-order valence-electron chi connectivity index (χ0n) is 15.1. The van der Waals surface area contributed by atoms with Crippen LogP contribution in [-0.2, 0) is 14.6 Å². The molecule has 1 aromatic rings. The van der Waals surface area contributed by atoms with Crippen molar-refractivity contribution in [2.45, 2.75) is 63.0 Å². The summed E-state index contributed by atoms with van der Waals surface area (Å²) in [5.41, 5.74) is 0.595. The Kier molecular flexibility index (Phi) is 8.42. The fourth-order valence-corrected chi connectivity index (χ4v) is 4.31. The zero-order chi connectivity index (χ0) is 18.9. The van der Waals surface area contributed by atoms with Crippen LogP contribution in [0.15, 0.2) is 40.8 Å². The summed E-state index contributed by atoms with van der Waals surface area (Å²) < 4.78 is 31.1. The predicted octanol–water partition coefficient (Wildman–Crippen LogP) is 4.72. The molecule has 0 aliphatic heterocycles. The van der Waals surface area contributed by atoms with E-state index in [1.54, 1.807) is 19.1 Å². The van der Waals surface area contributed by atoms with Crippen LogP contribution in [0.25, 0.3) is 4.98 Å². The molecule has 0 aliphatic rings. The number of hydrogen-bond acceptors (Lipinski definition) is 5. The van der Waals surface area contributed by atoms with E-state index in [0.29, 0.717) is 6.42 Å². The van der Waals surface area contributed by atoms with Gasteiger partial charge in [0.15, 0.2) is 20.1 Å². The average molecular weight is 367 g/mol. The Labute approximate surface area is 150 Å². The van der Waals surface area contributed by atoms with Gasteiger partial charge in [0, 0.05) is 0 Å². The van der Waals surface area contributed by atoms with Gasteiger partial charge in [0.2, 0.25) is 5.39 Å². The summed E-state index contributed by atoms with van der Waals surface area (Å²) in [5.74, 6) is -0.652. The average Bonchev–Trinajstić information content (AvgIpc) is 2.58. The third-order valence-electron chi connectivity index (χ3n) is 3.96. The fourth-order valence-electron chi connectivity index (χ4n) is 2.54. The van der Waals surface area contributed by atoms with Crippen molar-refractivity contribution in [1.82, 2.24) is 0 Å². The maximum atomic E-state index is 13.0. The molecule has 25 heavy (non-hydrogen) atoms. The van der Waals surface area contributed by atoms with Gasteiger partial charge in [-0.1, -0.05) is 50.3 Å². The molecule has 6 nitrogen and oxygen atoms in total. The number of aryl methyl sites for hydroxylation is 1. The molecule has 0 spiro atoms. The van der Waals surface area contributed by atoms with Gasteiger partial charge < -0.3 is 9.84 Å². The summed E-state index contributed by atoms with van der Waals surface area (Å²) in [5, 5.41) is 18.1. The molecule has 1 unspecified atom stereocenters. The second-order valence-corrected chi connectivity index (χ2v) is 8.05. The highest BCUT2D eigenvalue weighted by Crippen LogP contribution is 2.29. The second kappa shape index (κ2) is 10.0. The number of nitrogens with zero attached hydrogens (tertiary/aromatic N) is 2. The first-order valence-corrected chi connectivity index (χ1v) is 10.1. The minimum atomic E-state index is -3.83. The predicted molar refractivity (Wildman–Crippen MR) is 97.3 cm³/mol. The smallest absolute Gasteiger partial charge is 0.458 e. The summed E-state index contributed by atoms with van der Waals surface area (Å²) in [6.45, 7) is 5.72. The molecule has 7 heteroatoms. The van der Waals surface area contributed by atoms with E-state index in [2.05, 4.69) is 11.9 Å². The van der Waals surface area contributed by atoms with Crippen molar-refractivity contribution in [1.29, 1.82) is 5.39 Å². The van der Waals surface area contributed by atoms with Gasteiger partial charge in [0.05, 0.1) is 11.5 Å². The Balaban J connectivity index is 3.27. The number of benzene rings is 1. The lowest BCUT2D eigenvalue weighted by Crippen LogP contribution is -2.24. The van der Waals surface area contributed by atoms with Gasteiger partial charge in [0.25, 0.3) is 0 Å². The molecule has 1 atom stereocenters. The minimum Gasteiger partial charge on any atom is -0.475 e. The van der Waals surface area contributed by atoms with Crippen LogP contribution in [0.2, 0.25) is 0 Å². The molecule has 0 radical (unpaired) electrons. The first-order chi connectivity index (χ1) is 11.9. The molecule has 1 N–H and O–H groups in total. The molecule has 0 amide bonds. The maximum Gasteiger partial charge on any atom is 0.458 e. The fraction of sp³-hybridized carbons (Fsp3) is 0.556. The van der Waals surface area contributed by atoms with E-state index in [0.717, 1.165) is 24.8 Å². The molecule has 0 aliphatic carbocycles. The molecule has 0 bridgehead atoms. The Morgan fingerprint density at radius 3 is 2.36 bits per heavy atom. The van der Waals surface area contributed by atoms with E-state index < -0.39 is 21.0 Å². The van der Waals surface area contributed by atoms with E-state index >= 15 is 0 Å². The molecular formula is C18H27N2O4S+. The van der Waals surface area contributed by atoms with E-state index in [-0.39, 0.29) is 23.6 Å². The van der Waals surface area contributed by atoms with Crippen LogP contribution in [0.4, 0.5) is 0 Å². The topological polar surface area (TPSA) is 91.8 Å². The highest BCUT2D eigenvalue weighted by molar-refractivity contribution is 7.92. The van der Waals surface area contributed by atoms with Gasteiger partial charge in [-0.15, -0.1) is 0 Å². The van der Waals surface area contributed by atoms with E-state index in [9.17, 15) is 18.9 Å². The van der Waals surface area contributed by atoms with Crippen LogP contribution in [-0.4, -0.2) is 25.4 Å². The minimum absolute atomic E-state index is 0.129. The normalized spacial score (nSPS) is 13.7. The van der Waals surface area contributed by atoms with Crippen molar-refractivity contribution in [2.24, 2.45) is 0 Å². The third-order valence-corrected chi connectivity index (χ3v) is 6.09. The first kappa shape index (κ1) is 21.0. The number of ether oxygens (including phenoxy) is 1. The largest absolute Gasteiger partial charge is 0.475 e. The van der Waals surface area contributed by atoms with Crippen molar-refractivity contribution >= 4 is 9.84 Å². The highest BCUT2D eigenvalue weighted by atomic mass is 32.2. The third kappa shape index (κ3) is 5.75. The number of aliphatic hydroxyl groups is 1. The summed E-state index contributed by atoms with van der Waals surface area (Å²) in [6, 6.07) is 6.47. The Morgan fingerprint density at radius 2 is 1.84 bits per heavy atom. The van der Waals surface area contributed by atoms with E-state index in [1.165, 1.54) is 12.1 Å². The quantitative estimate of drug-likeness (QED) is 0.367. The summed E-state index contributed by atoms with van der Waals surface area (Å²) in [6.07, 6.45) is 3.76. The van der Waals surface area contributed by atoms with Crippen LogP contribution >= 0.6 is 0 Å². The molecule has 0 fully saturated rings. The van der Waals surface area contributed by atoms with Crippen LogP contribution in [0.5, 0.6) is 0 Å². The van der Waals surface area contributed by atoms with Gasteiger partial charge in [-0.05, 0) is 32.4 Å². The van der Waals surface area contributed by atoms with Gasteiger partial charge in [0.1, 0.15) is 0 Å². The van der Waals surface area contributed by atoms with Crippen LogP contribution in [0.3, 0.4) is 0 Å². The number of sulfone groups is 1. The van der Waals surface area contributed by atoms with Crippen molar-refractivity contribution in [3.05, 3.63) is 46.4 Å². The van der Waals surface area contributed by atoms with Gasteiger partial charge in [-0.3, -0.25) is 0 Å². The lowest BCUT2D eigenvalue weighted by molar-refractivity contribution is 0.0978. The van der Waals surface area contributed by atoms with Crippen molar-refractivity contribution in [2.75, 3.05) is 6.61 Å². The molecule has 1 aromatic carbocycles. The number of diazo groups is 1. The van der Waals surface area contributed by atoms with Crippen molar-refractivity contribution < 1.29 is 18.3 Å². The number of hydrogen-bond donors (Lipinski definition) is 1. The van der Waals surface area contributed by atoms with Crippen molar-refractivity contribution in [3.63, 3.8) is 0 Å². The molecule has 1 rings (SSSR count).